The summed E-state index contributed by atoms with van der Waals surface area (Å²) in [6, 6.07) is 17.4. The number of carbonyl (C=O) groups excluding carboxylic acids is 1. The van der Waals surface area contributed by atoms with Crippen LogP contribution in [-0.2, 0) is 9.53 Å². The molecule has 0 N–H and O–H groups in total. The molecule has 0 spiro atoms. The molecule has 0 saturated carbocycles. The topological polar surface area (TPSA) is 38.7 Å². The number of ether oxygens (including phenoxy) is 1. The minimum Gasteiger partial charge on any atom is -0.407 e. The van der Waals surface area contributed by atoms with Crippen LogP contribution in [0.1, 0.15) is 22.6 Å². The van der Waals surface area contributed by atoms with Gasteiger partial charge < -0.3 is 4.74 Å². The first-order valence-electron chi connectivity index (χ1n) is 6.62. The monoisotopic (exact) mass is 265 g/mol. The van der Waals surface area contributed by atoms with Crippen molar-refractivity contribution in [2.45, 2.75) is 12.8 Å². The Bertz CT molecular complexity index is 644. The molecule has 0 saturated heterocycles. The van der Waals surface area contributed by atoms with Crippen molar-refractivity contribution < 1.29 is 9.53 Å². The molecule has 3 nitrogen and oxygen atoms in total. The van der Waals surface area contributed by atoms with Crippen LogP contribution < -0.4 is 0 Å². The lowest BCUT2D eigenvalue weighted by Gasteiger charge is -2.20. The van der Waals surface area contributed by atoms with Gasteiger partial charge in [0.25, 0.3) is 0 Å². The van der Waals surface area contributed by atoms with Crippen LogP contribution in [0.3, 0.4) is 0 Å². The highest BCUT2D eigenvalue weighted by molar-refractivity contribution is 6.03. The molecular weight excluding hydrogens is 250 g/mol. The Labute approximate surface area is 117 Å². The maximum absolute atomic E-state index is 12.2. The highest BCUT2D eigenvalue weighted by atomic mass is 16.5. The molecule has 0 unspecified atom stereocenters. The number of benzene rings is 2. The van der Waals surface area contributed by atoms with Crippen molar-refractivity contribution in [1.82, 2.24) is 0 Å². The number of cyclic esters (lactones) is 1. The van der Waals surface area contributed by atoms with Crippen molar-refractivity contribution in [3.8, 4) is 0 Å². The van der Waals surface area contributed by atoms with E-state index in [0.717, 1.165) is 11.1 Å². The smallest absolute Gasteiger partial charge is 0.322 e. The van der Waals surface area contributed by atoms with Crippen molar-refractivity contribution in [2.75, 3.05) is 6.54 Å². The second kappa shape index (κ2) is 5.29. The molecule has 0 amide bonds. The number of carbonyl (C=O) groups is 1. The average Bonchev–Trinajstić information content (AvgIpc) is 2.49. The molecule has 2 aromatic carbocycles. The lowest BCUT2D eigenvalue weighted by atomic mass is 9.97. The van der Waals surface area contributed by atoms with Gasteiger partial charge in [0.15, 0.2) is 0 Å². The van der Waals surface area contributed by atoms with E-state index in [1.54, 1.807) is 0 Å². The zero-order valence-electron chi connectivity index (χ0n) is 11.2. The number of hydrogen-bond acceptors (Lipinski definition) is 3. The number of rotatable bonds is 2. The van der Waals surface area contributed by atoms with Gasteiger partial charge in [0.05, 0.1) is 6.54 Å². The minimum atomic E-state index is -0.303. The Morgan fingerprint density at radius 2 is 1.75 bits per heavy atom. The SMILES string of the molecule is Cc1ccc([C@@H]2CN=C(c3ccccc3)OC2=O)cc1. The second-order valence-electron chi connectivity index (χ2n) is 4.90. The van der Waals surface area contributed by atoms with Gasteiger partial charge in [-0.3, -0.25) is 4.79 Å². The van der Waals surface area contributed by atoms with Gasteiger partial charge >= 0.3 is 5.97 Å². The van der Waals surface area contributed by atoms with Crippen molar-refractivity contribution >= 4 is 11.9 Å². The van der Waals surface area contributed by atoms with Gasteiger partial charge in [-0.2, -0.15) is 0 Å². The predicted octanol–water partition coefficient (Wildman–Crippen LogP) is 3.08. The fourth-order valence-corrected chi connectivity index (χ4v) is 2.22. The van der Waals surface area contributed by atoms with E-state index >= 15 is 0 Å². The number of hydrogen-bond donors (Lipinski definition) is 0. The van der Waals surface area contributed by atoms with Crippen LogP contribution in [0, 0.1) is 6.92 Å². The van der Waals surface area contributed by atoms with Crippen molar-refractivity contribution in [2.24, 2.45) is 4.99 Å². The first-order chi connectivity index (χ1) is 9.74. The normalized spacial score (nSPS) is 18.4. The Morgan fingerprint density at radius 3 is 2.40 bits per heavy atom. The summed E-state index contributed by atoms with van der Waals surface area (Å²) < 4.78 is 5.38. The Balaban J connectivity index is 1.84. The Morgan fingerprint density at radius 1 is 1.05 bits per heavy atom. The number of esters is 1. The van der Waals surface area contributed by atoms with Crippen LogP contribution in [0.25, 0.3) is 0 Å². The van der Waals surface area contributed by atoms with Crippen LogP contribution in [0.4, 0.5) is 0 Å². The molecule has 1 heterocycles. The molecule has 0 bridgehead atoms. The average molecular weight is 265 g/mol. The van der Waals surface area contributed by atoms with E-state index < -0.39 is 0 Å². The van der Waals surface area contributed by atoms with E-state index in [-0.39, 0.29) is 11.9 Å². The standard InChI is InChI=1S/C17H15NO2/c1-12-7-9-13(10-8-12)15-11-18-16(20-17(15)19)14-5-3-2-4-6-14/h2-10,15H,11H2,1H3/t15-/m0/s1. The van der Waals surface area contributed by atoms with Gasteiger partial charge in [-0.15, -0.1) is 0 Å². The largest absolute Gasteiger partial charge is 0.407 e. The van der Waals surface area contributed by atoms with Crippen molar-refractivity contribution in [1.29, 1.82) is 0 Å². The predicted molar refractivity (Wildman–Crippen MR) is 77.9 cm³/mol. The minimum absolute atomic E-state index is 0.234. The molecule has 3 rings (SSSR count). The Kier molecular flexibility index (Phi) is 3.33. The summed E-state index contributed by atoms with van der Waals surface area (Å²) >= 11 is 0. The lowest BCUT2D eigenvalue weighted by Crippen LogP contribution is -2.28. The van der Waals surface area contributed by atoms with Gasteiger partial charge in [-0.25, -0.2) is 4.99 Å². The van der Waals surface area contributed by atoms with E-state index in [1.807, 2.05) is 61.5 Å². The van der Waals surface area contributed by atoms with Crippen LogP contribution >= 0.6 is 0 Å². The first-order valence-corrected chi connectivity index (χ1v) is 6.62. The third-order valence-corrected chi connectivity index (χ3v) is 3.40. The van der Waals surface area contributed by atoms with Crippen LogP contribution in [0.2, 0.25) is 0 Å². The van der Waals surface area contributed by atoms with E-state index in [0.29, 0.717) is 12.4 Å². The van der Waals surface area contributed by atoms with Gasteiger partial charge in [-0.1, -0.05) is 48.0 Å². The van der Waals surface area contributed by atoms with Crippen LogP contribution in [0.5, 0.6) is 0 Å². The highest BCUT2D eigenvalue weighted by Crippen LogP contribution is 2.23. The van der Waals surface area contributed by atoms with Crippen LogP contribution in [-0.4, -0.2) is 18.4 Å². The second-order valence-corrected chi connectivity index (χ2v) is 4.90. The zero-order chi connectivity index (χ0) is 13.9. The molecule has 20 heavy (non-hydrogen) atoms. The van der Waals surface area contributed by atoms with Gasteiger partial charge in [0.1, 0.15) is 5.92 Å². The number of nitrogens with zero attached hydrogens (tertiary/aromatic N) is 1. The molecule has 0 fully saturated rings. The summed E-state index contributed by atoms with van der Waals surface area (Å²) in [6.07, 6.45) is 0. The third kappa shape index (κ3) is 2.48. The summed E-state index contributed by atoms with van der Waals surface area (Å²) in [5, 5.41) is 0. The van der Waals surface area contributed by atoms with Gasteiger partial charge in [0.2, 0.25) is 5.90 Å². The summed E-state index contributed by atoms with van der Waals surface area (Å²) in [4.78, 5) is 16.6. The summed E-state index contributed by atoms with van der Waals surface area (Å²) in [6.45, 7) is 2.46. The lowest BCUT2D eigenvalue weighted by molar-refractivity contribution is -0.137. The summed E-state index contributed by atoms with van der Waals surface area (Å²) in [7, 11) is 0. The van der Waals surface area contributed by atoms with Crippen molar-refractivity contribution in [3.05, 3.63) is 71.3 Å². The molecule has 1 aliphatic heterocycles. The highest BCUT2D eigenvalue weighted by Gasteiger charge is 2.28. The molecule has 1 atom stereocenters. The van der Waals surface area contributed by atoms with E-state index in [2.05, 4.69) is 4.99 Å². The molecule has 3 heteroatoms. The third-order valence-electron chi connectivity index (χ3n) is 3.40. The first kappa shape index (κ1) is 12.6. The quantitative estimate of drug-likeness (QED) is 0.783. The van der Waals surface area contributed by atoms with E-state index in [9.17, 15) is 4.79 Å². The summed E-state index contributed by atoms with van der Waals surface area (Å²) in [5.41, 5.74) is 2.96. The molecule has 2 aromatic rings. The molecule has 0 radical (unpaired) electrons. The van der Waals surface area contributed by atoms with E-state index in [1.165, 1.54) is 5.56 Å². The molecule has 100 valence electrons. The number of aryl methyl sites for hydroxylation is 1. The van der Waals surface area contributed by atoms with E-state index in [4.69, 9.17) is 4.74 Å². The van der Waals surface area contributed by atoms with Crippen LogP contribution in [0.15, 0.2) is 59.6 Å². The number of aliphatic imine (C=N–C) groups is 1. The maximum Gasteiger partial charge on any atom is 0.322 e. The fraction of sp³-hybridized carbons (Fsp3) is 0.176. The Hall–Kier alpha value is -2.42. The molecule has 0 aromatic heterocycles. The summed E-state index contributed by atoms with van der Waals surface area (Å²) in [5.74, 6) is -0.121. The van der Waals surface area contributed by atoms with Crippen molar-refractivity contribution in [3.63, 3.8) is 0 Å². The van der Waals surface area contributed by atoms with Gasteiger partial charge in [-0.05, 0) is 24.6 Å². The molecule has 1 aliphatic rings. The molecular formula is C17H15NO2. The van der Waals surface area contributed by atoms with Gasteiger partial charge in [0, 0.05) is 5.56 Å². The fourth-order valence-electron chi connectivity index (χ4n) is 2.22. The maximum atomic E-state index is 12.2. The molecule has 0 aliphatic carbocycles. The zero-order valence-corrected chi connectivity index (χ0v) is 11.2.